The lowest BCUT2D eigenvalue weighted by molar-refractivity contribution is 0.00767. The molecule has 0 aromatic rings. The van der Waals surface area contributed by atoms with E-state index in [1.807, 2.05) is 7.11 Å². The zero-order valence-electron chi connectivity index (χ0n) is 8.29. The molecular formula is C10H19NO2. The summed E-state index contributed by atoms with van der Waals surface area (Å²) in [5.74, 6) is 0.672. The van der Waals surface area contributed by atoms with E-state index in [1.165, 1.54) is 19.3 Å². The van der Waals surface area contributed by atoms with Crippen molar-refractivity contribution in [3.63, 3.8) is 0 Å². The fraction of sp³-hybridized carbons (Fsp3) is 1.00. The maximum absolute atomic E-state index is 5.48. The molecule has 3 atom stereocenters. The van der Waals surface area contributed by atoms with Gasteiger partial charge in [-0.2, -0.15) is 0 Å². The van der Waals surface area contributed by atoms with E-state index in [2.05, 4.69) is 5.32 Å². The van der Waals surface area contributed by atoms with E-state index in [-0.39, 0.29) is 0 Å². The highest BCUT2D eigenvalue weighted by atomic mass is 16.5. The molecule has 1 aliphatic carbocycles. The second-order valence-electron chi connectivity index (χ2n) is 4.00. The van der Waals surface area contributed by atoms with Gasteiger partial charge in [0.2, 0.25) is 0 Å². The summed E-state index contributed by atoms with van der Waals surface area (Å²) in [7, 11) is 1.83. The van der Waals surface area contributed by atoms with Crippen LogP contribution in [0.5, 0.6) is 0 Å². The first-order valence-electron chi connectivity index (χ1n) is 5.25. The molecule has 1 heterocycles. The van der Waals surface area contributed by atoms with Gasteiger partial charge in [0, 0.05) is 25.6 Å². The minimum absolute atomic E-state index is 0.458. The Morgan fingerprint density at radius 2 is 2.31 bits per heavy atom. The van der Waals surface area contributed by atoms with Gasteiger partial charge in [-0.25, -0.2) is 0 Å². The van der Waals surface area contributed by atoms with E-state index in [4.69, 9.17) is 9.47 Å². The highest BCUT2D eigenvalue weighted by Crippen LogP contribution is 2.31. The Hall–Kier alpha value is -0.120. The Morgan fingerprint density at radius 1 is 1.38 bits per heavy atom. The summed E-state index contributed by atoms with van der Waals surface area (Å²) in [6.07, 6.45) is 4.28. The molecule has 0 amide bonds. The Bertz CT molecular complexity index is 157. The molecule has 0 spiro atoms. The molecule has 0 bridgehead atoms. The predicted molar refractivity (Wildman–Crippen MR) is 50.7 cm³/mol. The average molecular weight is 185 g/mol. The quantitative estimate of drug-likeness (QED) is 0.690. The van der Waals surface area contributed by atoms with E-state index in [0.29, 0.717) is 18.1 Å². The van der Waals surface area contributed by atoms with Crippen molar-refractivity contribution in [1.82, 2.24) is 5.32 Å². The van der Waals surface area contributed by atoms with Crippen LogP contribution in [0.2, 0.25) is 0 Å². The first-order chi connectivity index (χ1) is 6.42. The third-order valence-corrected chi connectivity index (χ3v) is 3.27. The molecule has 2 aliphatic rings. The third kappa shape index (κ3) is 2.03. The molecule has 3 nitrogen and oxygen atoms in total. The van der Waals surface area contributed by atoms with Gasteiger partial charge in [-0.15, -0.1) is 0 Å². The molecule has 76 valence electrons. The minimum Gasteiger partial charge on any atom is -0.381 e. The Morgan fingerprint density at radius 3 is 3.00 bits per heavy atom. The summed E-state index contributed by atoms with van der Waals surface area (Å²) in [6, 6.07) is 0.529. The van der Waals surface area contributed by atoms with Crippen LogP contribution in [0.15, 0.2) is 0 Å². The molecule has 1 N–H and O–H groups in total. The van der Waals surface area contributed by atoms with E-state index < -0.39 is 0 Å². The number of nitrogens with one attached hydrogen (secondary N) is 1. The normalized spacial score (nSPS) is 40.8. The molecule has 1 saturated heterocycles. The smallest absolute Gasteiger partial charge is 0.0623 e. The van der Waals surface area contributed by atoms with Gasteiger partial charge >= 0.3 is 0 Å². The third-order valence-electron chi connectivity index (χ3n) is 3.27. The second-order valence-corrected chi connectivity index (χ2v) is 4.00. The molecule has 2 fully saturated rings. The number of hydrogen-bond acceptors (Lipinski definition) is 3. The topological polar surface area (TPSA) is 30.5 Å². The van der Waals surface area contributed by atoms with Crippen molar-refractivity contribution in [3.8, 4) is 0 Å². The molecule has 0 radical (unpaired) electrons. The van der Waals surface area contributed by atoms with E-state index in [1.54, 1.807) is 0 Å². The molecule has 3 heteroatoms. The monoisotopic (exact) mass is 185 g/mol. The highest BCUT2D eigenvalue weighted by molar-refractivity contribution is 4.88. The number of hydrogen-bond donors (Lipinski definition) is 1. The molecular weight excluding hydrogens is 166 g/mol. The lowest BCUT2D eigenvalue weighted by Gasteiger charge is -2.31. The lowest BCUT2D eigenvalue weighted by Crippen LogP contribution is -2.48. The zero-order valence-corrected chi connectivity index (χ0v) is 8.29. The van der Waals surface area contributed by atoms with Gasteiger partial charge in [0.1, 0.15) is 0 Å². The van der Waals surface area contributed by atoms with Crippen molar-refractivity contribution in [2.24, 2.45) is 5.92 Å². The molecule has 1 aliphatic heterocycles. The predicted octanol–water partition coefficient (Wildman–Crippen LogP) is 0.790. The van der Waals surface area contributed by atoms with Crippen molar-refractivity contribution < 1.29 is 9.47 Å². The standard InChI is InChI=1S/C10H19NO2/c1-12-10-4-2-3-8(10)9-7-13-6-5-11-9/h8-11H,2-7H2,1H3/t8-,9+,10+/m0/s1. The van der Waals surface area contributed by atoms with Crippen LogP contribution < -0.4 is 5.32 Å². The number of ether oxygens (including phenoxy) is 2. The summed E-state index contributed by atoms with van der Waals surface area (Å²) >= 11 is 0. The molecule has 0 aromatic carbocycles. The highest BCUT2D eigenvalue weighted by Gasteiger charge is 2.34. The van der Waals surface area contributed by atoms with Gasteiger partial charge in [0.05, 0.1) is 19.3 Å². The zero-order chi connectivity index (χ0) is 9.10. The largest absolute Gasteiger partial charge is 0.381 e. The Balaban J connectivity index is 1.90. The Labute approximate surface area is 79.8 Å². The molecule has 13 heavy (non-hydrogen) atoms. The lowest BCUT2D eigenvalue weighted by atomic mass is 9.96. The van der Waals surface area contributed by atoms with E-state index in [9.17, 15) is 0 Å². The maximum atomic E-state index is 5.48. The molecule has 0 aromatic heterocycles. The van der Waals surface area contributed by atoms with E-state index >= 15 is 0 Å². The summed E-state index contributed by atoms with van der Waals surface area (Å²) in [5.41, 5.74) is 0. The van der Waals surface area contributed by atoms with Gasteiger partial charge in [0.15, 0.2) is 0 Å². The van der Waals surface area contributed by atoms with Gasteiger partial charge in [-0.3, -0.25) is 0 Å². The van der Waals surface area contributed by atoms with Gasteiger partial charge in [-0.05, 0) is 12.8 Å². The Kier molecular flexibility index (Phi) is 3.19. The van der Waals surface area contributed by atoms with Crippen LogP contribution in [0.1, 0.15) is 19.3 Å². The van der Waals surface area contributed by atoms with Crippen molar-refractivity contribution >= 4 is 0 Å². The molecule has 2 rings (SSSR count). The number of rotatable bonds is 2. The van der Waals surface area contributed by atoms with Crippen molar-refractivity contribution in [3.05, 3.63) is 0 Å². The van der Waals surface area contributed by atoms with Crippen LogP contribution in [0.25, 0.3) is 0 Å². The van der Waals surface area contributed by atoms with Crippen LogP contribution in [-0.4, -0.2) is 39.0 Å². The number of methoxy groups -OCH3 is 1. The van der Waals surface area contributed by atoms with Gasteiger partial charge in [-0.1, -0.05) is 6.42 Å². The number of morpholine rings is 1. The van der Waals surface area contributed by atoms with E-state index in [0.717, 1.165) is 19.8 Å². The summed E-state index contributed by atoms with van der Waals surface area (Å²) in [4.78, 5) is 0. The second kappa shape index (κ2) is 4.40. The van der Waals surface area contributed by atoms with Crippen LogP contribution in [0.4, 0.5) is 0 Å². The van der Waals surface area contributed by atoms with Crippen LogP contribution in [0, 0.1) is 5.92 Å². The fourth-order valence-corrected chi connectivity index (χ4v) is 2.57. The van der Waals surface area contributed by atoms with Crippen LogP contribution in [-0.2, 0) is 9.47 Å². The van der Waals surface area contributed by atoms with Gasteiger partial charge in [0.25, 0.3) is 0 Å². The van der Waals surface area contributed by atoms with Crippen molar-refractivity contribution in [1.29, 1.82) is 0 Å². The molecule has 1 saturated carbocycles. The average Bonchev–Trinajstić information content (AvgIpc) is 2.67. The molecule has 0 unspecified atom stereocenters. The first kappa shape index (κ1) is 9.44. The van der Waals surface area contributed by atoms with Crippen molar-refractivity contribution in [2.45, 2.75) is 31.4 Å². The van der Waals surface area contributed by atoms with Crippen LogP contribution >= 0.6 is 0 Å². The van der Waals surface area contributed by atoms with Crippen LogP contribution in [0.3, 0.4) is 0 Å². The minimum atomic E-state index is 0.458. The summed E-state index contributed by atoms with van der Waals surface area (Å²) < 4.78 is 11.0. The van der Waals surface area contributed by atoms with Crippen molar-refractivity contribution in [2.75, 3.05) is 26.9 Å². The SMILES string of the molecule is CO[C@@H]1CCC[C@H]1[C@H]1COCCN1. The summed E-state index contributed by atoms with van der Waals surface area (Å²) in [6.45, 7) is 2.73. The summed E-state index contributed by atoms with van der Waals surface area (Å²) in [5, 5.41) is 3.52. The fourth-order valence-electron chi connectivity index (χ4n) is 2.57. The van der Waals surface area contributed by atoms with Gasteiger partial charge < -0.3 is 14.8 Å². The first-order valence-corrected chi connectivity index (χ1v) is 5.25. The maximum Gasteiger partial charge on any atom is 0.0623 e.